The number of aromatic nitrogens is 3. The molecule has 3 heterocycles. The summed E-state index contributed by atoms with van der Waals surface area (Å²) < 4.78 is 58.7. The number of aromatic amines is 1. The molecule has 14 heteroatoms. The first kappa shape index (κ1) is 27.3. The van der Waals surface area contributed by atoms with Crippen molar-refractivity contribution < 1.29 is 42.1 Å². The first-order valence-corrected chi connectivity index (χ1v) is 12.7. The maximum Gasteiger partial charge on any atom is 0.417 e. The third-order valence-corrected chi connectivity index (χ3v) is 8.21. The monoisotopic (exact) mass is 555 g/mol. The predicted molar refractivity (Wildman–Crippen MR) is 127 cm³/mol. The van der Waals surface area contributed by atoms with Crippen LogP contribution in [-0.2, 0) is 4.79 Å². The summed E-state index contributed by atoms with van der Waals surface area (Å²) in [5.74, 6) is -1.65. The van der Waals surface area contributed by atoms with Gasteiger partial charge < -0.3 is 25.2 Å². The summed E-state index contributed by atoms with van der Waals surface area (Å²) in [6, 6.07) is 1.93. The van der Waals surface area contributed by atoms with Gasteiger partial charge in [-0.05, 0) is 44.6 Å². The Kier molecular flexibility index (Phi) is 6.82. The molecule has 1 saturated heterocycles. The number of rotatable bonds is 5. The number of nitrogens with zero attached hydrogens (tertiary/aromatic N) is 3. The number of pyridine rings is 1. The number of likely N-dealkylation sites (tertiary alicyclic amines) is 1. The summed E-state index contributed by atoms with van der Waals surface area (Å²) in [4.78, 5) is 31.8. The molecular weight excluding hydrogens is 526 g/mol. The Hall–Kier alpha value is -3.26. The van der Waals surface area contributed by atoms with Crippen molar-refractivity contribution in [2.75, 3.05) is 13.7 Å². The van der Waals surface area contributed by atoms with E-state index in [0.29, 0.717) is 25.7 Å². The van der Waals surface area contributed by atoms with Crippen LogP contribution in [0.25, 0.3) is 11.3 Å². The Morgan fingerprint density at radius 3 is 2.59 bits per heavy atom. The van der Waals surface area contributed by atoms with Crippen LogP contribution in [-0.4, -0.2) is 85.2 Å². The van der Waals surface area contributed by atoms with Crippen LogP contribution in [0.1, 0.15) is 55.4 Å². The molecular formula is C25H29F4N5O5. The van der Waals surface area contributed by atoms with Gasteiger partial charge in [0.25, 0.3) is 5.91 Å². The summed E-state index contributed by atoms with van der Waals surface area (Å²) in [7, 11) is 1.40. The van der Waals surface area contributed by atoms with Crippen LogP contribution in [0.2, 0.25) is 0 Å². The van der Waals surface area contributed by atoms with Gasteiger partial charge in [0.2, 0.25) is 11.8 Å². The lowest BCUT2D eigenvalue weighted by atomic mass is 9.79. The largest absolute Gasteiger partial charge is 0.481 e. The number of piperidine rings is 1. The van der Waals surface area contributed by atoms with Gasteiger partial charge >= 0.3 is 6.18 Å². The molecule has 39 heavy (non-hydrogen) atoms. The minimum absolute atomic E-state index is 0.0943. The second kappa shape index (κ2) is 9.73. The van der Waals surface area contributed by atoms with Gasteiger partial charge in [-0.25, -0.2) is 9.37 Å². The maximum atomic E-state index is 14.3. The lowest BCUT2D eigenvalue weighted by molar-refractivity contribution is -0.279. The van der Waals surface area contributed by atoms with E-state index in [1.165, 1.54) is 19.2 Å². The zero-order chi connectivity index (χ0) is 28.2. The number of nitrogens with one attached hydrogen (secondary N) is 2. The topological polar surface area (TPSA) is 141 Å². The van der Waals surface area contributed by atoms with Gasteiger partial charge in [-0.2, -0.15) is 18.3 Å². The van der Waals surface area contributed by atoms with Crippen LogP contribution >= 0.6 is 0 Å². The molecule has 4 atom stereocenters. The molecule has 2 amide bonds. The first-order chi connectivity index (χ1) is 18.4. The number of hydrogen-bond acceptors (Lipinski definition) is 7. The highest BCUT2D eigenvalue weighted by molar-refractivity contribution is 5.94. The molecule has 3 fully saturated rings. The van der Waals surface area contributed by atoms with Crippen molar-refractivity contribution in [3.63, 3.8) is 0 Å². The number of halogens is 4. The first-order valence-electron chi connectivity index (χ1n) is 12.7. The number of H-pyrrole nitrogens is 1. The fraction of sp³-hybridized carbons (Fsp3) is 0.600. The number of ether oxygens (including phenoxy) is 1. The van der Waals surface area contributed by atoms with E-state index in [2.05, 4.69) is 20.5 Å². The number of methoxy groups -OCH3 is 1. The molecule has 3 aliphatic rings. The maximum absolute atomic E-state index is 14.3. The third-order valence-electron chi connectivity index (χ3n) is 8.21. The summed E-state index contributed by atoms with van der Waals surface area (Å²) in [5.41, 5.74) is -3.00. The number of amides is 2. The van der Waals surface area contributed by atoms with Gasteiger partial charge in [-0.1, -0.05) is 0 Å². The Labute approximate surface area is 220 Å². The predicted octanol–water partition coefficient (Wildman–Crippen LogP) is 2.33. The lowest BCUT2D eigenvalue weighted by Crippen LogP contribution is -2.58. The van der Waals surface area contributed by atoms with Crippen LogP contribution in [0.15, 0.2) is 18.3 Å². The van der Waals surface area contributed by atoms with Crippen molar-refractivity contribution in [3.05, 3.63) is 29.8 Å². The molecule has 10 nitrogen and oxygen atoms in total. The highest BCUT2D eigenvalue weighted by Crippen LogP contribution is 2.50. The van der Waals surface area contributed by atoms with Crippen LogP contribution in [0, 0.1) is 11.7 Å². The second-order valence-electron chi connectivity index (χ2n) is 10.7. The SMILES string of the molecule is COc1cc(-c2cc(C(=O)N3CC[C@H](C(=O)N[C@@H]4CC[C@@](O)(C(F)(F)F)C[C@@H]4O)CC34CC4)n[nH]2)c(F)cn1. The van der Waals surface area contributed by atoms with E-state index in [1.54, 1.807) is 4.90 Å². The van der Waals surface area contributed by atoms with Crippen molar-refractivity contribution >= 4 is 11.8 Å². The molecule has 4 N–H and O–H groups in total. The van der Waals surface area contributed by atoms with E-state index in [4.69, 9.17) is 4.74 Å². The minimum atomic E-state index is -4.87. The summed E-state index contributed by atoms with van der Waals surface area (Å²) in [6.45, 7) is 0.262. The molecule has 5 rings (SSSR count). The van der Waals surface area contributed by atoms with Crippen molar-refractivity contribution in [2.24, 2.45) is 5.92 Å². The Morgan fingerprint density at radius 2 is 1.95 bits per heavy atom. The van der Waals surface area contributed by atoms with Crippen LogP contribution in [0.5, 0.6) is 5.88 Å². The zero-order valence-electron chi connectivity index (χ0n) is 21.1. The molecule has 2 aliphatic carbocycles. The molecule has 2 saturated carbocycles. The van der Waals surface area contributed by atoms with Crippen LogP contribution in [0.4, 0.5) is 17.6 Å². The average Bonchev–Trinajstić information content (AvgIpc) is 3.46. The molecule has 0 radical (unpaired) electrons. The summed E-state index contributed by atoms with van der Waals surface area (Å²) in [5, 5.41) is 29.5. The van der Waals surface area contributed by atoms with Crippen molar-refractivity contribution in [1.29, 1.82) is 0 Å². The lowest BCUT2D eigenvalue weighted by Gasteiger charge is -2.42. The van der Waals surface area contributed by atoms with Gasteiger partial charge in [0.05, 0.1) is 31.1 Å². The second-order valence-corrected chi connectivity index (χ2v) is 10.7. The molecule has 0 unspecified atom stereocenters. The number of hydrogen-bond donors (Lipinski definition) is 4. The van der Waals surface area contributed by atoms with Gasteiger partial charge in [0.1, 0.15) is 0 Å². The molecule has 1 aliphatic heterocycles. The quantitative estimate of drug-likeness (QED) is 0.415. The number of aliphatic hydroxyl groups is 2. The standard InChI is InChI=1S/C25H29F4N5O5/c1-39-20-8-14(15(26)12-30-20)17-9-18(33-32-17)22(37)34-7-3-13(10-23(34)5-6-23)21(36)31-16-2-4-24(38,11-19(16)35)25(27,28)29/h8-9,12-13,16,19,35,38H,2-7,10-11H2,1H3,(H,31,36)(H,32,33)/t13-,16+,19-,24-/m0/s1. The fourth-order valence-corrected chi connectivity index (χ4v) is 5.70. The van der Waals surface area contributed by atoms with E-state index in [9.17, 15) is 37.4 Å². The summed E-state index contributed by atoms with van der Waals surface area (Å²) >= 11 is 0. The van der Waals surface area contributed by atoms with Gasteiger partial charge in [0.15, 0.2) is 17.1 Å². The molecule has 2 aromatic rings. The van der Waals surface area contributed by atoms with E-state index >= 15 is 0 Å². The fourth-order valence-electron chi connectivity index (χ4n) is 5.70. The third kappa shape index (κ3) is 5.07. The van der Waals surface area contributed by atoms with Crippen LogP contribution < -0.4 is 10.1 Å². The highest BCUT2D eigenvalue weighted by atomic mass is 19.4. The Bertz CT molecular complexity index is 1270. The molecule has 0 bridgehead atoms. The molecule has 1 spiro atoms. The smallest absolute Gasteiger partial charge is 0.417 e. The highest BCUT2D eigenvalue weighted by Gasteiger charge is 2.58. The average molecular weight is 556 g/mol. The van der Waals surface area contributed by atoms with Crippen molar-refractivity contribution in [3.8, 4) is 17.1 Å². The van der Waals surface area contributed by atoms with E-state index in [0.717, 1.165) is 6.20 Å². The number of carbonyl (C=O) groups excluding carboxylic acids is 2. The number of carbonyl (C=O) groups is 2. The van der Waals surface area contributed by atoms with Gasteiger partial charge in [0, 0.05) is 36.1 Å². The molecule has 2 aromatic heterocycles. The van der Waals surface area contributed by atoms with E-state index in [-0.39, 0.29) is 47.6 Å². The number of alkyl halides is 3. The minimum Gasteiger partial charge on any atom is -0.481 e. The summed E-state index contributed by atoms with van der Waals surface area (Å²) in [6.07, 6.45) is -5.07. The van der Waals surface area contributed by atoms with Gasteiger partial charge in [-0.3, -0.25) is 14.7 Å². The zero-order valence-corrected chi connectivity index (χ0v) is 21.1. The van der Waals surface area contributed by atoms with Crippen molar-refractivity contribution in [1.82, 2.24) is 25.4 Å². The molecule has 212 valence electrons. The Morgan fingerprint density at radius 1 is 1.21 bits per heavy atom. The van der Waals surface area contributed by atoms with Crippen molar-refractivity contribution in [2.45, 2.75) is 74.4 Å². The van der Waals surface area contributed by atoms with E-state index in [1.807, 2.05) is 0 Å². The molecule has 0 aromatic carbocycles. The normalized spacial score (nSPS) is 28.3. The van der Waals surface area contributed by atoms with Crippen LogP contribution in [0.3, 0.4) is 0 Å². The Balaban J connectivity index is 1.22. The van der Waals surface area contributed by atoms with E-state index < -0.39 is 54.0 Å². The number of aliphatic hydroxyl groups excluding tert-OH is 1. The van der Waals surface area contributed by atoms with Gasteiger partial charge in [-0.15, -0.1) is 0 Å².